The monoisotopic (exact) mass is 360 g/mol. The molecule has 1 spiro atoms. The van der Waals surface area contributed by atoms with Crippen LogP contribution in [-0.4, -0.2) is 46.9 Å². The summed E-state index contributed by atoms with van der Waals surface area (Å²) in [6.45, 7) is 5.76. The first-order chi connectivity index (χ1) is 10.7. The molecule has 0 aromatic rings. The summed E-state index contributed by atoms with van der Waals surface area (Å²) >= 11 is 0. The Labute approximate surface area is 149 Å². The van der Waals surface area contributed by atoms with E-state index in [1.165, 1.54) is 0 Å². The average molecular weight is 361 g/mol. The number of halogens is 1. The number of nitrogens with one attached hydrogen (secondary N) is 2. The van der Waals surface area contributed by atoms with Gasteiger partial charge in [0.05, 0.1) is 0 Å². The normalized spacial score (nSPS) is 27.0. The summed E-state index contributed by atoms with van der Waals surface area (Å²) in [7, 11) is 0. The quantitative estimate of drug-likeness (QED) is 0.639. The first-order valence-electron chi connectivity index (χ1n) is 8.38. The van der Waals surface area contributed by atoms with E-state index in [-0.39, 0.29) is 37.3 Å². The molecule has 0 radical (unpaired) electrons. The maximum atomic E-state index is 12.7. The van der Waals surface area contributed by atoms with Crippen LogP contribution in [0, 0.1) is 5.92 Å². The van der Waals surface area contributed by atoms with Crippen molar-refractivity contribution in [3.05, 3.63) is 0 Å². The van der Waals surface area contributed by atoms with Crippen LogP contribution in [0.1, 0.15) is 52.9 Å². The summed E-state index contributed by atoms with van der Waals surface area (Å²) in [4.78, 5) is 38.0. The molecule has 2 fully saturated rings. The van der Waals surface area contributed by atoms with E-state index in [4.69, 9.17) is 5.73 Å². The van der Waals surface area contributed by atoms with E-state index in [1.54, 1.807) is 13.8 Å². The fraction of sp³-hybridized carbons (Fsp3) is 0.812. The maximum Gasteiger partial charge on any atom is 0.325 e. The number of nitrogens with zero attached hydrogens (tertiary/aromatic N) is 1. The molecule has 1 saturated heterocycles. The lowest BCUT2D eigenvalue weighted by atomic mass is 9.75. The van der Waals surface area contributed by atoms with Gasteiger partial charge in [0.2, 0.25) is 5.91 Å². The third kappa shape index (κ3) is 4.19. The zero-order valence-electron chi connectivity index (χ0n) is 14.7. The molecule has 4 N–H and O–H groups in total. The van der Waals surface area contributed by atoms with Crippen LogP contribution in [0.5, 0.6) is 0 Å². The van der Waals surface area contributed by atoms with Crippen LogP contribution in [0.4, 0.5) is 4.79 Å². The Morgan fingerprint density at radius 3 is 2.46 bits per heavy atom. The Morgan fingerprint density at radius 2 is 1.96 bits per heavy atom. The first-order valence-corrected chi connectivity index (χ1v) is 8.38. The summed E-state index contributed by atoms with van der Waals surface area (Å²) < 4.78 is 0. The minimum Gasteiger partial charge on any atom is -0.348 e. The first kappa shape index (κ1) is 20.7. The Morgan fingerprint density at radius 1 is 1.38 bits per heavy atom. The Hall–Kier alpha value is -1.34. The summed E-state index contributed by atoms with van der Waals surface area (Å²) in [5.74, 6) is -0.0194. The highest BCUT2D eigenvalue weighted by Gasteiger charge is 2.52. The van der Waals surface area contributed by atoms with Gasteiger partial charge in [-0.3, -0.25) is 14.5 Å². The van der Waals surface area contributed by atoms with E-state index in [1.807, 2.05) is 0 Å². The molecule has 2 rings (SSSR count). The predicted octanol–water partition coefficient (Wildman–Crippen LogP) is 1.15. The second-order valence-corrected chi connectivity index (χ2v) is 7.39. The number of hydrogen-bond acceptors (Lipinski definition) is 4. The SMILES string of the molecule is CCC1CCC2(CC1)NC(=O)N(CC(=O)NC(C)(C)CN)C2=O.Cl. The van der Waals surface area contributed by atoms with E-state index < -0.39 is 17.1 Å². The Balaban J connectivity index is 0.00000288. The predicted molar refractivity (Wildman–Crippen MR) is 93.7 cm³/mol. The topological polar surface area (TPSA) is 105 Å². The molecule has 1 aliphatic carbocycles. The lowest BCUT2D eigenvalue weighted by Gasteiger charge is -2.34. The zero-order chi connectivity index (χ0) is 17.3. The second kappa shape index (κ2) is 7.70. The van der Waals surface area contributed by atoms with Gasteiger partial charge in [-0.2, -0.15) is 0 Å². The van der Waals surface area contributed by atoms with Crippen molar-refractivity contribution in [2.24, 2.45) is 11.7 Å². The molecule has 8 heteroatoms. The summed E-state index contributed by atoms with van der Waals surface area (Å²) in [6, 6.07) is -0.467. The van der Waals surface area contributed by atoms with Gasteiger partial charge in [-0.25, -0.2) is 4.79 Å². The molecular weight excluding hydrogens is 332 g/mol. The van der Waals surface area contributed by atoms with E-state index >= 15 is 0 Å². The molecule has 2 aliphatic rings. The minimum atomic E-state index is -0.799. The number of rotatable bonds is 5. The van der Waals surface area contributed by atoms with Crippen LogP contribution in [0.15, 0.2) is 0 Å². The van der Waals surface area contributed by atoms with Crippen molar-refractivity contribution in [3.63, 3.8) is 0 Å². The van der Waals surface area contributed by atoms with Gasteiger partial charge >= 0.3 is 6.03 Å². The minimum absolute atomic E-state index is 0. The Bertz CT molecular complexity index is 502. The van der Waals surface area contributed by atoms with Crippen LogP contribution < -0.4 is 16.4 Å². The van der Waals surface area contributed by atoms with Gasteiger partial charge in [-0.1, -0.05) is 13.3 Å². The molecular formula is C16H29ClN4O3. The van der Waals surface area contributed by atoms with Crippen molar-refractivity contribution < 1.29 is 14.4 Å². The summed E-state index contributed by atoms with van der Waals surface area (Å²) in [6.07, 6.45) is 4.27. The van der Waals surface area contributed by atoms with Crippen LogP contribution in [0.3, 0.4) is 0 Å². The number of carbonyl (C=O) groups is 3. The van der Waals surface area contributed by atoms with Gasteiger partial charge in [0.1, 0.15) is 12.1 Å². The smallest absolute Gasteiger partial charge is 0.325 e. The van der Waals surface area contributed by atoms with E-state index in [0.717, 1.165) is 24.2 Å². The summed E-state index contributed by atoms with van der Waals surface area (Å²) in [5.41, 5.74) is 4.22. The second-order valence-electron chi connectivity index (χ2n) is 7.39. The molecule has 24 heavy (non-hydrogen) atoms. The highest BCUT2D eigenvalue weighted by atomic mass is 35.5. The number of carbonyl (C=O) groups excluding carboxylic acids is 3. The van der Waals surface area contributed by atoms with Crippen LogP contribution in [0.2, 0.25) is 0 Å². The molecule has 4 amide bonds. The number of amides is 4. The van der Waals surface area contributed by atoms with Gasteiger partial charge in [0.15, 0.2) is 0 Å². The fourth-order valence-corrected chi connectivity index (χ4v) is 3.35. The Kier molecular flexibility index (Phi) is 6.64. The molecule has 0 atom stereocenters. The molecule has 1 aliphatic heterocycles. The number of imide groups is 1. The highest BCUT2D eigenvalue weighted by Crippen LogP contribution is 2.37. The van der Waals surface area contributed by atoms with Crippen molar-refractivity contribution in [1.82, 2.24) is 15.5 Å². The largest absolute Gasteiger partial charge is 0.348 e. The van der Waals surface area contributed by atoms with Crippen molar-refractivity contribution in [2.45, 2.75) is 64.0 Å². The molecule has 138 valence electrons. The third-order valence-corrected chi connectivity index (χ3v) is 5.07. The van der Waals surface area contributed by atoms with Crippen molar-refractivity contribution in [2.75, 3.05) is 13.1 Å². The molecule has 0 bridgehead atoms. The molecule has 0 unspecified atom stereocenters. The van der Waals surface area contributed by atoms with Gasteiger partial charge in [0, 0.05) is 12.1 Å². The molecule has 7 nitrogen and oxygen atoms in total. The zero-order valence-corrected chi connectivity index (χ0v) is 15.5. The number of urea groups is 1. The molecule has 1 saturated carbocycles. The lowest BCUT2D eigenvalue weighted by Crippen LogP contribution is -2.53. The van der Waals surface area contributed by atoms with Crippen LogP contribution in [0.25, 0.3) is 0 Å². The standard InChI is InChI=1S/C16H28N4O3.ClH/c1-4-11-5-7-16(8-6-11)13(22)20(14(23)19-16)9-12(21)18-15(2,3)10-17;/h11H,4-10,17H2,1-3H3,(H,18,21)(H,19,23);1H. The van der Waals surface area contributed by atoms with Gasteiger partial charge < -0.3 is 16.4 Å². The lowest BCUT2D eigenvalue weighted by molar-refractivity contribution is -0.136. The van der Waals surface area contributed by atoms with Gasteiger partial charge in [-0.15, -0.1) is 12.4 Å². The molecule has 0 aromatic carbocycles. The van der Waals surface area contributed by atoms with Crippen LogP contribution >= 0.6 is 12.4 Å². The average Bonchev–Trinajstić information content (AvgIpc) is 2.72. The maximum absolute atomic E-state index is 12.7. The molecule has 1 heterocycles. The number of nitrogens with two attached hydrogens (primary N) is 1. The van der Waals surface area contributed by atoms with Crippen molar-refractivity contribution in [3.8, 4) is 0 Å². The van der Waals surface area contributed by atoms with Gasteiger partial charge in [0.25, 0.3) is 5.91 Å². The highest BCUT2D eigenvalue weighted by molar-refractivity contribution is 6.09. The van der Waals surface area contributed by atoms with E-state index in [2.05, 4.69) is 17.6 Å². The van der Waals surface area contributed by atoms with E-state index in [9.17, 15) is 14.4 Å². The van der Waals surface area contributed by atoms with Crippen molar-refractivity contribution in [1.29, 1.82) is 0 Å². The fourth-order valence-electron chi connectivity index (χ4n) is 3.35. The third-order valence-electron chi connectivity index (χ3n) is 5.07. The van der Waals surface area contributed by atoms with Gasteiger partial charge in [-0.05, 0) is 45.4 Å². The number of hydrogen-bond donors (Lipinski definition) is 3. The van der Waals surface area contributed by atoms with E-state index in [0.29, 0.717) is 18.8 Å². The van der Waals surface area contributed by atoms with Crippen molar-refractivity contribution >= 4 is 30.3 Å². The van der Waals surface area contributed by atoms with Crippen LogP contribution in [-0.2, 0) is 9.59 Å². The molecule has 0 aromatic heterocycles. The summed E-state index contributed by atoms with van der Waals surface area (Å²) in [5, 5.41) is 5.57.